The van der Waals surface area contributed by atoms with Crippen molar-refractivity contribution in [2.24, 2.45) is 5.92 Å². The molecule has 1 saturated carbocycles. The van der Waals surface area contributed by atoms with Gasteiger partial charge in [0.25, 0.3) is 0 Å². The molecule has 1 fully saturated rings. The van der Waals surface area contributed by atoms with Gasteiger partial charge in [0, 0.05) is 6.04 Å². The van der Waals surface area contributed by atoms with Crippen molar-refractivity contribution in [3.8, 4) is 0 Å². The van der Waals surface area contributed by atoms with Crippen LogP contribution in [-0.2, 0) is 4.79 Å². The number of aliphatic carboxylic acids is 1. The number of carboxylic acid groups (broad SMARTS) is 1. The summed E-state index contributed by atoms with van der Waals surface area (Å²) in [5, 5.41) is 14.5. The third-order valence-corrected chi connectivity index (χ3v) is 4.03. The number of carbonyl (C=O) groups excluding carboxylic acids is 1. The minimum Gasteiger partial charge on any atom is -0.480 e. The second-order valence-corrected chi connectivity index (χ2v) is 5.42. The molecule has 0 aromatic carbocycles. The highest BCUT2D eigenvalue weighted by Crippen LogP contribution is 2.27. The maximum Gasteiger partial charge on any atom is 0.329 e. The van der Waals surface area contributed by atoms with Crippen LogP contribution < -0.4 is 10.6 Å². The van der Waals surface area contributed by atoms with E-state index in [9.17, 15) is 9.59 Å². The molecule has 0 spiro atoms. The van der Waals surface area contributed by atoms with Gasteiger partial charge in [-0.3, -0.25) is 0 Å². The fraction of sp³-hybridized carbons (Fsp3) is 0.846. The van der Waals surface area contributed by atoms with Gasteiger partial charge >= 0.3 is 12.0 Å². The number of amides is 2. The van der Waals surface area contributed by atoms with E-state index < -0.39 is 11.5 Å². The summed E-state index contributed by atoms with van der Waals surface area (Å²) in [5.74, 6) is -0.484. The van der Waals surface area contributed by atoms with Gasteiger partial charge in [-0.05, 0) is 39.0 Å². The lowest BCUT2D eigenvalue weighted by atomic mass is 9.98. The molecule has 5 nitrogen and oxygen atoms in total. The third-order valence-electron chi connectivity index (χ3n) is 4.03. The normalized spacial score (nSPS) is 21.1. The van der Waals surface area contributed by atoms with Crippen molar-refractivity contribution >= 4 is 12.0 Å². The van der Waals surface area contributed by atoms with Crippen LogP contribution in [0.3, 0.4) is 0 Å². The average Bonchev–Trinajstić information content (AvgIpc) is 2.81. The van der Waals surface area contributed by atoms with Gasteiger partial charge in [-0.25, -0.2) is 9.59 Å². The van der Waals surface area contributed by atoms with Crippen LogP contribution in [0.15, 0.2) is 0 Å². The standard InChI is InChI=1S/C13H24N2O3/c1-4-13(3,11(16)17)15-12(18)14-9(2)10-7-5-6-8-10/h9-10H,4-8H2,1-3H3,(H,16,17)(H2,14,15,18). The summed E-state index contributed by atoms with van der Waals surface area (Å²) >= 11 is 0. The Hall–Kier alpha value is -1.26. The minimum atomic E-state index is -1.19. The number of rotatable bonds is 5. The van der Waals surface area contributed by atoms with E-state index in [2.05, 4.69) is 10.6 Å². The van der Waals surface area contributed by atoms with Gasteiger partial charge in [-0.15, -0.1) is 0 Å². The molecule has 0 aromatic rings. The molecule has 2 unspecified atom stereocenters. The van der Waals surface area contributed by atoms with Gasteiger partial charge in [0.15, 0.2) is 0 Å². The zero-order chi connectivity index (χ0) is 13.8. The average molecular weight is 256 g/mol. The molecule has 3 N–H and O–H groups in total. The number of urea groups is 1. The van der Waals surface area contributed by atoms with Crippen molar-refractivity contribution in [3.63, 3.8) is 0 Å². The molecule has 0 aliphatic heterocycles. The van der Waals surface area contributed by atoms with Gasteiger partial charge in [-0.2, -0.15) is 0 Å². The molecule has 0 saturated heterocycles. The SMILES string of the molecule is CCC(C)(NC(=O)NC(C)C1CCCC1)C(=O)O. The van der Waals surface area contributed by atoms with Crippen molar-refractivity contribution in [2.75, 3.05) is 0 Å². The van der Waals surface area contributed by atoms with Crippen molar-refractivity contribution in [2.45, 2.75) is 64.5 Å². The summed E-state index contributed by atoms with van der Waals surface area (Å²) in [6.45, 7) is 5.25. The molecule has 18 heavy (non-hydrogen) atoms. The number of nitrogens with one attached hydrogen (secondary N) is 2. The fourth-order valence-electron chi connectivity index (χ4n) is 2.36. The van der Waals surface area contributed by atoms with Crippen LogP contribution in [0.5, 0.6) is 0 Å². The van der Waals surface area contributed by atoms with Crippen LogP contribution in [-0.4, -0.2) is 28.7 Å². The van der Waals surface area contributed by atoms with E-state index in [1.54, 1.807) is 6.92 Å². The number of carboxylic acids is 1. The topological polar surface area (TPSA) is 78.4 Å². The summed E-state index contributed by atoms with van der Waals surface area (Å²) in [4.78, 5) is 22.9. The molecule has 0 bridgehead atoms. The number of carbonyl (C=O) groups is 2. The van der Waals surface area contributed by atoms with Gasteiger partial charge in [-0.1, -0.05) is 19.8 Å². The third kappa shape index (κ3) is 3.62. The van der Waals surface area contributed by atoms with Crippen molar-refractivity contribution in [1.29, 1.82) is 0 Å². The number of hydrogen-bond acceptors (Lipinski definition) is 2. The Labute approximate surface area is 108 Å². The van der Waals surface area contributed by atoms with Crippen LogP contribution >= 0.6 is 0 Å². The summed E-state index contributed by atoms with van der Waals surface area (Å²) in [5.41, 5.74) is -1.19. The van der Waals surface area contributed by atoms with Crippen molar-refractivity contribution < 1.29 is 14.7 Å². The second kappa shape index (κ2) is 6.07. The lowest BCUT2D eigenvalue weighted by Gasteiger charge is -2.27. The van der Waals surface area contributed by atoms with Crippen LogP contribution in [0.4, 0.5) is 4.79 Å². The highest BCUT2D eigenvalue weighted by molar-refractivity contribution is 5.85. The van der Waals surface area contributed by atoms with Gasteiger partial charge in [0.2, 0.25) is 0 Å². The molecule has 0 radical (unpaired) electrons. The Morgan fingerprint density at radius 2 is 1.94 bits per heavy atom. The van der Waals surface area contributed by atoms with Crippen LogP contribution in [0.1, 0.15) is 52.9 Å². The zero-order valence-corrected chi connectivity index (χ0v) is 11.5. The van der Waals surface area contributed by atoms with Gasteiger partial charge < -0.3 is 15.7 Å². The Kier molecular flexibility index (Phi) is 4.99. The Bertz CT molecular complexity index is 313. The summed E-state index contributed by atoms with van der Waals surface area (Å²) in [7, 11) is 0. The molecule has 1 aliphatic rings. The molecule has 2 amide bonds. The van der Waals surface area contributed by atoms with E-state index in [1.807, 2.05) is 6.92 Å². The van der Waals surface area contributed by atoms with Crippen LogP contribution in [0.25, 0.3) is 0 Å². The molecule has 5 heteroatoms. The summed E-state index contributed by atoms with van der Waals surface area (Å²) in [6, 6.07) is -0.288. The first-order valence-corrected chi connectivity index (χ1v) is 6.71. The first-order valence-electron chi connectivity index (χ1n) is 6.71. The van der Waals surface area contributed by atoms with Crippen molar-refractivity contribution in [1.82, 2.24) is 10.6 Å². The highest BCUT2D eigenvalue weighted by atomic mass is 16.4. The second-order valence-electron chi connectivity index (χ2n) is 5.42. The van der Waals surface area contributed by atoms with E-state index in [0.717, 1.165) is 12.8 Å². The molecule has 0 aromatic heterocycles. The first kappa shape index (κ1) is 14.8. The maximum atomic E-state index is 11.8. The Morgan fingerprint density at radius 3 is 2.39 bits per heavy atom. The predicted molar refractivity (Wildman–Crippen MR) is 69.4 cm³/mol. The first-order chi connectivity index (χ1) is 8.39. The fourth-order valence-corrected chi connectivity index (χ4v) is 2.36. The van der Waals surface area contributed by atoms with E-state index >= 15 is 0 Å². The van der Waals surface area contributed by atoms with Gasteiger partial charge in [0.05, 0.1) is 0 Å². The molecular formula is C13H24N2O3. The smallest absolute Gasteiger partial charge is 0.329 e. The van der Waals surface area contributed by atoms with E-state index in [1.165, 1.54) is 19.8 Å². The monoisotopic (exact) mass is 256 g/mol. The summed E-state index contributed by atoms with van der Waals surface area (Å²) in [6.07, 6.45) is 5.09. The van der Waals surface area contributed by atoms with E-state index in [0.29, 0.717) is 12.3 Å². The molecule has 104 valence electrons. The minimum absolute atomic E-state index is 0.0994. The quantitative estimate of drug-likeness (QED) is 0.705. The summed E-state index contributed by atoms with van der Waals surface area (Å²) < 4.78 is 0. The molecule has 0 heterocycles. The molecular weight excluding hydrogens is 232 g/mol. The predicted octanol–water partition coefficient (Wildman–Crippen LogP) is 2.12. The maximum absolute atomic E-state index is 11.8. The number of hydrogen-bond donors (Lipinski definition) is 3. The van der Waals surface area contributed by atoms with Gasteiger partial charge in [0.1, 0.15) is 5.54 Å². The largest absolute Gasteiger partial charge is 0.480 e. The van der Waals surface area contributed by atoms with Crippen LogP contribution in [0.2, 0.25) is 0 Å². The highest BCUT2D eigenvalue weighted by Gasteiger charge is 2.33. The lowest BCUT2D eigenvalue weighted by Crippen LogP contribution is -2.56. The zero-order valence-electron chi connectivity index (χ0n) is 11.5. The van der Waals surface area contributed by atoms with E-state index in [4.69, 9.17) is 5.11 Å². The van der Waals surface area contributed by atoms with Crippen LogP contribution in [0, 0.1) is 5.92 Å². The van der Waals surface area contributed by atoms with E-state index in [-0.39, 0.29) is 12.1 Å². The molecule has 1 aliphatic carbocycles. The van der Waals surface area contributed by atoms with Crippen molar-refractivity contribution in [3.05, 3.63) is 0 Å². The Morgan fingerprint density at radius 1 is 1.39 bits per heavy atom. The lowest BCUT2D eigenvalue weighted by molar-refractivity contribution is -0.143. The molecule has 2 atom stereocenters. The molecule has 1 rings (SSSR count). The Balaban J connectivity index is 2.47.